The Hall–Kier alpha value is -2.76. The molecule has 1 amide bonds. The van der Waals surface area contributed by atoms with Crippen molar-refractivity contribution >= 4 is 16.7 Å². The van der Waals surface area contributed by atoms with E-state index in [-0.39, 0.29) is 11.9 Å². The monoisotopic (exact) mass is 374 g/mol. The summed E-state index contributed by atoms with van der Waals surface area (Å²) in [6, 6.07) is 18.2. The van der Waals surface area contributed by atoms with Crippen LogP contribution >= 0.6 is 0 Å². The molecule has 1 aliphatic heterocycles. The number of nitrogens with zero attached hydrogens (tertiary/aromatic N) is 3. The van der Waals surface area contributed by atoms with Gasteiger partial charge in [0.1, 0.15) is 0 Å². The van der Waals surface area contributed by atoms with Crippen molar-refractivity contribution in [3.63, 3.8) is 0 Å². The van der Waals surface area contributed by atoms with Crippen molar-refractivity contribution in [1.29, 1.82) is 0 Å². The first-order valence-corrected chi connectivity index (χ1v) is 9.74. The number of amides is 1. The minimum Gasteiger partial charge on any atom is -0.369 e. The van der Waals surface area contributed by atoms with Crippen molar-refractivity contribution in [2.45, 2.75) is 12.0 Å². The zero-order valence-electron chi connectivity index (χ0n) is 16.2. The van der Waals surface area contributed by atoms with E-state index in [0.29, 0.717) is 0 Å². The Labute approximate surface area is 165 Å². The number of piperazine rings is 1. The number of likely N-dealkylation sites (N-methyl/N-ethyl adjacent to an activating group) is 1. The van der Waals surface area contributed by atoms with Crippen LogP contribution in [0.5, 0.6) is 0 Å². The van der Waals surface area contributed by atoms with E-state index in [9.17, 15) is 4.79 Å². The molecule has 28 heavy (non-hydrogen) atoms. The van der Waals surface area contributed by atoms with Gasteiger partial charge < -0.3 is 10.6 Å². The van der Waals surface area contributed by atoms with E-state index in [2.05, 4.69) is 40.0 Å². The largest absolute Gasteiger partial charge is 0.369 e. The lowest BCUT2D eigenvalue weighted by Crippen LogP contribution is -2.48. The van der Waals surface area contributed by atoms with E-state index in [1.807, 2.05) is 42.6 Å². The third-order valence-electron chi connectivity index (χ3n) is 5.72. The number of carbonyl (C=O) groups excluding carboxylic acids is 1. The van der Waals surface area contributed by atoms with Crippen LogP contribution in [0.4, 0.5) is 0 Å². The number of carbonyl (C=O) groups is 1. The average molecular weight is 374 g/mol. The Morgan fingerprint density at radius 2 is 1.71 bits per heavy atom. The minimum atomic E-state index is -0.399. The lowest BCUT2D eigenvalue weighted by atomic mass is 9.84. The molecule has 2 atom stereocenters. The van der Waals surface area contributed by atoms with Gasteiger partial charge in [-0.05, 0) is 35.7 Å². The van der Waals surface area contributed by atoms with Crippen LogP contribution in [-0.2, 0) is 4.79 Å². The lowest BCUT2D eigenvalue weighted by molar-refractivity contribution is -0.121. The Morgan fingerprint density at radius 1 is 0.964 bits per heavy atom. The molecule has 5 heteroatoms. The fourth-order valence-corrected chi connectivity index (χ4v) is 4.16. The second-order valence-electron chi connectivity index (χ2n) is 7.56. The van der Waals surface area contributed by atoms with Crippen LogP contribution < -0.4 is 5.73 Å². The molecule has 2 unspecified atom stereocenters. The maximum Gasteiger partial charge on any atom is 0.226 e. The van der Waals surface area contributed by atoms with Crippen LogP contribution in [-0.4, -0.2) is 53.9 Å². The number of nitrogens with two attached hydrogens (primary N) is 1. The van der Waals surface area contributed by atoms with E-state index in [1.165, 1.54) is 0 Å². The quantitative estimate of drug-likeness (QED) is 0.746. The molecule has 2 heterocycles. The van der Waals surface area contributed by atoms with Gasteiger partial charge in [-0.2, -0.15) is 0 Å². The first-order valence-electron chi connectivity index (χ1n) is 9.74. The second-order valence-corrected chi connectivity index (χ2v) is 7.56. The van der Waals surface area contributed by atoms with Crippen LogP contribution in [0.2, 0.25) is 0 Å². The van der Waals surface area contributed by atoms with E-state index in [4.69, 9.17) is 5.73 Å². The molecule has 0 aliphatic carbocycles. The highest BCUT2D eigenvalue weighted by atomic mass is 16.1. The third-order valence-corrected chi connectivity index (χ3v) is 5.72. The van der Waals surface area contributed by atoms with E-state index in [1.54, 1.807) is 6.20 Å². The highest BCUT2D eigenvalue weighted by molar-refractivity contribution is 5.85. The molecule has 0 radical (unpaired) electrons. The standard InChI is InChI=1S/C23H26N4O/c1-26-11-13-27(14-12-26)22(21(23(24)28)17-5-3-2-4-6-17)19-7-8-20-16-25-10-9-18(20)15-19/h2-10,15-16,21-22H,11-14H2,1H3,(H2,24,28). The maximum atomic E-state index is 12.7. The molecule has 0 bridgehead atoms. The first kappa shape index (κ1) is 18.6. The molecule has 1 aromatic heterocycles. The first-order chi connectivity index (χ1) is 13.6. The molecule has 2 aromatic carbocycles. The SMILES string of the molecule is CN1CCN(C(c2ccc3cnccc3c2)C(C(N)=O)c2ccccc2)CC1. The van der Waals surface area contributed by atoms with Gasteiger partial charge in [-0.15, -0.1) is 0 Å². The van der Waals surface area contributed by atoms with Gasteiger partial charge in [0, 0.05) is 44.0 Å². The molecule has 2 N–H and O–H groups in total. The zero-order chi connectivity index (χ0) is 19.5. The Balaban J connectivity index is 1.81. The summed E-state index contributed by atoms with van der Waals surface area (Å²) in [5.74, 6) is -0.686. The van der Waals surface area contributed by atoms with Gasteiger partial charge in [0.15, 0.2) is 0 Å². The van der Waals surface area contributed by atoms with Crippen LogP contribution in [0.1, 0.15) is 23.1 Å². The molecule has 0 saturated carbocycles. The zero-order valence-corrected chi connectivity index (χ0v) is 16.2. The predicted molar refractivity (Wildman–Crippen MR) is 112 cm³/mol. The number of primary amides is 1. The predicted octanol–water partition coefficient (Wildman–Crippen LogP) is 2.79. The fourth-order valence-electron chi connectivity index (χ4n) is 4.16. The topological polar surface area (TPSA) is 62.5 Å². The average Bonchev–Trinajstić information content (AvgIpc) is 2.73. The molecular weight excluding hydrogens is 348 g/mol. The molecule has 4 rings (SSSR count). The number of pyridine rings is 1. The van der Waals surface area contributed by atoms with Gasteiger partial charge in [-0.1, -0.05) is 42.5 Å². The summed E-state index contributed by atoms with van der Waals surface area (Å²) in [7, 11) is 2.14. The summed E-state index contributed by atoms with van der Waals surface area (Å²) in [5, 5.41) is 2.22. The van der Waals surface area contributed by atoms with Gasteiger partial charge in [-0.3, -0.25) is 14.7 Å². The Kier molecular flexibility index (Phi) is 5.37. The van der Waals surface area contributed by atoms with Crippen molar-refractivity contribution in [2.24, 2.45) is 5.73 Å². The van der Waals surface area contributed by atoms with Crippen molar-refractivity contribution in [2.75, 3.05) is 33.2 Å². The van der Waals surface area contributed by atoms with Crippen molar-refractivity contribution < 1.29 is 4.79 Å². The minimum absolute atomic E-state index is 0.0915. The summed E-state index contributed by atoms with van der Waals surface area (Å²) >= 11 is 0. The van der Waals surface area contributed by atoms with E-state index in [0.717, 1.165) is 48.1 Å². The van der Waals surface area contributed by atoms with Gasteiger partial charge in [0.2, 0.25) is 5.91 Å². The van der Waals surface area contributed by atoms with Gasteiger partial charge in [0.25, 0.3) is 0 Å². The Morgan fingerprint density at radius 3 is 2.43 bits per heavy atom. The third kappa shape index (κ3) is 3.77. The lowest BCUT2D eigenvalue weighted by Gasteiger charge is -2.41. The van der Waals surface area contributed by atoms with Crippen LogP contribution in [0.25, 0.3) is 10.8 Å². The van der Waals surface area contributed by atoms with Gasteiger partial charge in [-0.25, -0.2) is 0 Å². The van der Waals surface area contributed by atoms with Gasteiger partial charge in [0.05, 0.1) is 12.0 Å². The number of hydrogen-bond acceptors (Lipinski definition) is 4. The smallest absolute Gasteiger partial charge is 0.226 e. The summed E-state index contributed by atoms with van der Waals surface area (Å²) in [6.45, 7) is 3.78. The second kappa shape index (κ2) is 8.09. The van der Waals surface area contributed by atoms with Crippen molar-refractivity contribution in [1.82, 2.24) is 14.8 Å². The van der Waals surface area contributed by atoms with Crippen LogP contribution in [0, 0.1) is 0 Å². The van der Waals surface area contributed by atoms with Crippen molar-refractivity contribution in [3.05, 3.63) is 78.1 Å². The normalized spacial score (nSPS) is 18.0. The summed E-state index contributed by atoms with van der Waals surface area (Å²) < 4.78 is 0. The molecule has 1 fully saturated rings. The van der Waals surface area contributed by atoms with E-state index < -0.39 is 5.92 Å². The number of rotatable bonds is 5. The highest BCUT2D eigenvalue weighted by Crippen LogP contribution is 2.37. The number of hydrogen-bond donors (Lipinski definition) is 1. The number of aromatic nitrogens is 1. The van der Waals surface area contributed by atoms with Crippen LogP contribution in [0.15, 0.2) is 67.0 Å². The summed E-state index contributed by atoms with van der Waals surface area (Å²) in [4.78, 5) is 21.6. The number of fused-ring (bicyclic) bond motifs is 1. The molecule has 1 saturated heterocycles. The number of benzene rings is 2. The molecular formula is C23H26N4O. The fraction of sp³-hybridized carbons (Fsp3) is 0.304. The molecule has 0 spiro atoms. The Bertz CT molecular complexity index is 951. The summed E-state index contributed by atoms with van der Waals surface area (Å²) in [5.41, 5.74) is 8.06. The molecule has 5 nitrogen and oxygen atoms in total. The van der Waals surface area contributed by atoms with Crippen LogP contribution in [0.3, 0.4) is 0 Å². The summed E-state index contributed by atoms with van der Waals surface area (Å²) in [6.07, 6.45) is 3.67. The van der Waals surface area contributed by atoms with Crippen molar-refractivity contribution in [3.8, 4) is 0 Å². The van der Waals surface area contributed by atoms with E-state index >= 15 is 0 Å². The maximum absolute atomic E-state index is 12.7. The molecule has 144 valence electrons. The highest BCUT2D eigenvalue weighted by Gasteiger charge is 2.35. The molecule has 1 aliphatic rings. The molecule has 3 aromatic rings. The van der Waals surface area contributed by atoms with Gasteiger partial charge >= 0.3 is 0 Å².